The second-order valence-electron chi connectivity index (χ2n) is 8.28. The number of rotatable bonds is 8. The van der Waals surface area contributed by atoms with E-state index in [1.54, 1.807) is 38.1 Å². The Kier molecular flexibility index (Phi) is 6.65. The SMILES string of the molecule is Cc1nn(CC(C)C)c(C)c1CCC(=O)Nc1ccc(C(C)(C)C(=O)O)cc1. The largest absolute Gasteiger partial charge is 0.481 e. The fourth-order valence-corrected chi connectivity index (χ4v) is 3.18. The molecule has 0 aliphatic carbocycles. The number of aryl methyl sites for hydroxylation is 1. The van der Waals surface area contributed by atoms with Gasteiger partial charge in [0.1, 0.15) is 0 Å². The Balaban J connectivity index is 1.98. The molecular weight excluding hydrogens is 354 g/mol. The summed E-state index contributed by atoms with van der Waals surface area (Å²) in [5, 5.41) is 16.8. The molecule has 6 heteroatoms. The van der Waals surface area contributed by atoms with Crippen LogP contribution in [0.4, 0.5) is 5.69 Å². The lowest BCUT2D eigenvalue weighted by atomic mass is 9.85. The number of amides is 1. The maximum absolute atomic E-state index is 12.4. The Bertz CT molecular complexity index is 849. The van der Waals surface area contributed by atoms with Crippen molar-refractivity contribution in [3.05, 3.63) is 46.8 Å². The van der Waals surface area contributed by atoms with Gasteiger partial charge in [-0.15, -0.1) is 0 Å². The first kappa shape index (κ1) is 21.7. The summed E-state index contributed by atoms with van der Waals surface area (Å²) >= 11 is 0. The molecule has 0 fully saturated rings. The summed E-state index contributed by atoms with van der Waals surface area (Å²) in [5.41, 5.74) is 3.63. The number of carboxylic acid groups (broad SMARTS) is 1. The molecule has 0 unspecified atom stereocenters. The molecule has 6 nitrogen and oxygen atoms in total. The third-order valence-electron chi connectivity index (χ3n) is 5.10. The van der Waals surface area contributed by atoms with Crippen molar-refractivity contribution >= 4 is 17.6 Å². The highest BCUT2D eigenvalue weighted by Crippen LogP contribution is 2.25. The Hall–Kier alpha value is -2.63. The molecule has 28 heavy (non-hydrogen) atoms. The van der Waals surface area contributed by atoms with Crippen LogP contribution in [-0.4, -0.2) is 26.8 Å². The number of hydrogen-bond acceptors (Lipinski definition) is 3. The van der Waals surface area contributed by atoms with Crippen molar-refractivity contribution in [2.45, 2.75) is 66.3 Å². The van der Waals surface area contributed by atoms with Crippen molar-refractivity contribution in [3.8, 4) is 0 Å². The van der Waals surface area contributed by atoms with Crippen LogP contribution in [0.5, 0.6) is 0 Å². The van der Waals surface area contributed by atoms with E-state index in [0.29, 0.717) is 30.0 Å². The summed E-state index contributed by atoms with van der Waals surface area (Å²) in [6.45, 7) is 12.6. The van der Waals surface area contributed by atoms with Crippen LogP contribution < -0.4 is 5.32 Å². The molecule has 1 aromatic heterocycles. The van der Waals surface area contributed by atoms with E-state index >= 15 is 0 Å². The molecule has 2 rings (SSSR count). The van der Waals surface area contributed by atoms with Crippen LogP contribution in [0.2, 0.25) is 0 Å². The molecule has 0 saturated heterocycles. The molecule has 1 amide bonds. The summed E-state index contributed by atoms with van der Waals surface area (Å²) in [5.74, 6) is -0.433. The lowest BCUT2D eigenvalue weighted by Gasteiger charge is -2.19. The molecule has 1 aromatic carbocycles. The van der Waals surface area contributed by atoms with Crippen LogP contribution in [-0.2, 0) is 28.0 Å². The summed E-state index contributed by atoms with van der Waals surface area (Å²) < 4.78 is 2.02. The van der Waals surface area contributed by atoms with Gasteiger partial charge in [-0.3, -0.25) is 14.3 Å². The molecule has 1 heterocycles. The van der Waals surface area contributed by atoms with Gasteiger partial charge in [0, 0.05) is 24.3 Å². The monoisotopic (exact) mass is 385 g/mol. The third-order valence-corrected chi connectivity index (χ3v) is 5.10. The normalized spacial score (nSPS) is 11.7. The van der Waals surface area contributed by atoms with E-state index in [1.165, 1.54) is 0 Å². The fraction of sp³-hybridized carbons (Fsp3) is 0.500. The Morgan fingerprint density at radius 1 is 1.18 bits per heavy atom. The van der Waals surface area contributed by atoms with E-state index < -0.39 is 11.4 Å². The van der Waals surface area contributed by atoms with E-state index in [9.17, 15) is 14.7 Å². The molecule has 0 atom stereocenters. The average molecular weight is 386 g/mol. The molecule has 0 aliphatic heterocycles. The zero-order valence-electron chi connectivity index (χ0n) is 17.7. The molecule has 0 spiro atoms. The Morgan fingerprint density at radius 2 is 1.79 bits per heavy atom. The first-order chi connectivity index (χ1) is 13.0. The van der Waals surface area contributed by atoms with Gasteiger partial charge in [0.05, 0.1) is 11.1 Å². The Labute approximate surface area is 167 Å². The number of carboxylic acids is 1. The highest BCUT2D eigenvalue weighted by atomic mass is 16.4. The quantitative estimate of drug-likeness (QED) is 0.717. The van der Waals surface area contributed by atoms with Crippen LogP contribution >= 0.6 is 0 Å². The van der Waals surface area contributed by atoms with Gasteiger partial charge in [0.2, 0.25) is 5.91 Å². The molecular formula is C22H31N3O3. The van der Waals surface area contributed by atoms with E-state index in [2.05, 4.69) is 31.2 Å². The number of nitrogens with zero attached hydrogens (tertiary/aromatic N) is 2. The summed E-state index contributed by atoms with van der Waals surface area (Å²) in [4.78, 5) is 23.7. The van der Waals surface area contributed by atoms with Crippen LogP contribution in [0.25, 0.3) is 0 Å². The van der Waals surface area contributed by atoms with Crippen LogP contribution in [0.3, 0.4) is 0 Å². The van der Waals surface area contributed by atoms with Crippen molar-refractivity contribution in [2.75, 3.05) is 5.32 Å². The van der Waals surface area contributed by atoms with Crippen LogP contribution in [0.1, 0.15) is 56.6 Å². The van der Waals surface area contributed by atoms with Gasteiger partial charge in [-0.25, -0.2) is 0 Å². The molecule has 2 N–H and O–H groups in total. The minimum absolute atomic E-state index is 0.0688. The minimum Gasteiger partial charge on any atom is -0.481 e. The molecule has 0 saturated carbocycles. The van der Waals surface area contributed by atoms with Gasteiger partial charge >= 0.3 is 5.97 Å². The highest BCUT2D eigenvalue weighted by Gasteiger charge is 2.29. The number of benzene rings is 1. The van der Waals surface area contributed by atoms with Crippen LogP contribution in [0, 0.1) is 19.8 Å². The average Bonchev–Trinajstić information content (AvgIpc) is 2.86. The van der Waals surface area contributed by atoms with Gasteiger partial charge in [0.15, 0.2) is 0 Å². The summed E-state index contributed by atoms with van der Waals surface area (Å²) in [6, 6.07) is 6.98. The number of nitrogens with one attached hydrogen (secondary N) is 1. The third kappa shape index (κ3) is 5.00. The van der Waals surface area contributed by atoms with Crippen molar-refractivity contribution in [2.24, 2.45) is 5.92 Å². The number of carbonyl (C=O) groups excluding carboxylic acids is 1. The maximum atomic E-state index is 12.4. The first-order valence-electron chi connectivity index (χ1n) is 9.69. The summed E-state index contributed by atoms with van der Waals surface area (Å²) in [6.07, 6.45) is 1.02. The van der Waals surface area contributed by atoms with Crippen molar-refractivity contribution in [1.82, 2.24) is 9.78 Å². The van der Waals surface area contributed by atoms with E-state index in [0.717, 1.165) is 23.5 Å². The van der Waals surface area contributed by atoms with E-state index in [4.69, 9.17) is 0 Å². The zero-order valence-corrected chi connectivity index (χ0v) is 17.7. The maximum Gasteiger partial charge on any atom is 0.313 e. The number of carbonyl (C=O) groups is 2. The van der Waals surface area contributed by atoms with Gasteiger partial charge in [-0.2, -0.15) is 5.10 Å². The van der Waals surface area contributed by atoms with Gasteiger partial charge in [-0.05, 0) is 63.3 Å². The number of aromatic nitrogens is 2. The number of anilines is 1. The molecule has 0 aliphatic rings. The first-order valence-corrected chi connectivity index (χ1v) is 9.69. The zero-order chi connectivity index (χ0) is 21.1. The highest BCUT2D eigenvalue weighted by molar-refractivity contribution is 5.91. The van der Waals surface area contributed by atoms with Crippen LogP contribution in [0.15, 0.2) is 24.3 Å². The van der Waals surface area contributed by atoms with E-state index in [-0.39, 0.29) is 5.91 Å². The predicted molar refractivity (Wildman–Crippen MR) is 111 cm³/mol. The van der Waals surface area contributed by atoms with E-state index in [1.807, 2.05) is 11.6 Å². The van der Waals surface area contributed by atoms with Gasteiger partial charge in [0.25, 0.3) is 0 Å². The van der Waals surface area contributed by atoms with Gasteiger partial charge in [-0.1, -0.05) is 26.0 Å². The molecule has 0 bridgehead atoms. The molecule has 0 radical (unpaired) electrons. The van der Waals surface area contributed by atoms with Gasteiger partial charge < -0.3 is 10.4 Å². The second-order valence-corrected chi connectivity index (χ2v) is 8.28. The fourth-order valence-electron chi connectivity index (χ4n) is 3.18. The lowest BCUT2D eigenvalue weighted by molar-refractivity contribution is -0.142. The van der Waals surface area contributed by atoms with Crippen molar-refractivity contribution < 1.29 is 14.7 Å². The topological polar surface area (TPSA) is 84.2 Å². The number of hydrogen-bond donors (Lipinski definition) is 2. The van der Waals surface area contributed by atoms with Crippen molar-refractivity contribution in [3.63, 3.8) is 0 Å². The smallest absolute Gasteiger partial charge is 0.313 e. The molecule has 2 aromatic rings. The second kappa shape index (κ2) is 8.59. The lowest BCUT2D eigenvalue weighted by Crippen LogP contribution is -2.28. The molecule has 152 valence electrons. The Morgan fingerprint density at radius 3 is 2.32 bits per heavy atom. The standard InChI is InChI=1S/C22H31N3O3/c1-14(2)13-25-16(4)19(15(3)24-25)11-12-20(26)23-18-9-7-17(8-10-18)22(5,6)21(27)28/h7-10,14H,11-13H2,1-6H3,(H,23,26)(H,27,28). The number of aliphatic carboxylic acids is 1. The minimum atomic E-state index is -0.965. The summed E-state index contributed by atoms with van der Waals surface area (Å²) in [7, 11) is 0. The predicted octanol–water partition coefficient (Wildman–Crippen LogP) is 4.09. The van der Waals surface area contributed by atoms with Crippen molar-refractivity contribution in [1.29, 1.82) is 0 Å².